The first kappa shape index (κ1) is 8.43. The molecule has 0 nitrogen and oxygen atoms in total. The molecule has 0 aromatic carbocycles. The zero-order chi connectivity index (χ0) is 6.24. The Hall–Kier alpha value is 0.430. The van der Waals surface area contributed by atoms with E-state index in [1.807, 2.05) is 0 Å². The smallest absolute Gasteiger partial charge is 0.0287 e. The molecule has 0 amide bonds. The van der Waals surface area contributed by atoms with Crippen molar-refractivity contribution in [1.29, 1.82) is 0 Å². The lowest BCUT2D eigenvalue weighted by molar-refractivity contribution is 0.777. The first-order chi connectivity index (χ1) is 3.91. The van der Waals surface area contributed by atoms with Gasteiger partial charge in [0.15, 0.2) is 0 Å². The van der Waals surface area contributed by atoms with Crippen molar-refractivity contribution in [3.63, 3.8) is 0 Å². The van der Waals surface area contributed by atoms with Crippen LogP contribution in [0, 0.1) is 0 Å². The van der Waals surface area contributed by atoms with Crippen LogP contribution in [0.1, 0.15) is 33.1 Å². The standard InChI is InChI=1S/C7H16P/c1-3-5-6-7-8-4-2/h3-7H2,1-2H3. The van der Waals surface area contributed by atoms with E-state index >= 15 is 0 Å². The van der Waals surface area contributed by atoms with Crippen LogP contribution < -0.4 is 0 Å². The Morgan fingerprint density at radius 1 is 1.12 bits per heavy atom. The van der Waals surface area contributed by atoms with E-state index in [-0.39, 0.29) is 0 Å². The third-order valence-electron chi connectivity index (χ3n) is 1.14. The van der Waals surface area contributed by atoms with Crippen LogP contribution >= 0.6 is 8.58 Å². The van der Waals surface area contributed by atoms with Gasteiger partial charge in [-0.25, -0.2) is 0 Å². The van der Waals surface area contributed by atoms with Crippen LogP contribution in [0.3, 0.4) is 0 Å². The fourth-order valence-corrected chi connectivity index (χ4v) is 1.40. The zero-order valence-corrected chi connectivity index (χ0v) is 6.88. The molecule has 1 radical (unpaired) electrons. The SMILES string of the molecule is CCCCC[P]CC. The lowest BCUT2D eigenvalue weighted by Gasteiger charge is -1.93. The molecule has 0 bridgehead atoms. The van der Waals surface area contributed by atoms with Gasteiger partial charge in [-0.15, -0.1) is 0 Å². The first-order valence-electron chi connectivity index (χ1n) is 3.55. The summed E-state index contributed by atoms with van der Waals surface area (Å²) in [5, 5.41) is 0. The number of unbranched alkanes of at least 4 members (excludes halogenated alkanes) is 2. The molecule has 0 aliphatic rings. The third kappa shape index (κ3) is 6.43. The maximum atomic E-state index is 2.25. The molecule has 0 aromatic heterocycles. The summed E-state index contributed by atoms with van der Waals surface area (Å²) >= 11 is 0. The second kappa shape index (κ2) is 7.43. The predicted octanol–water partition coefficient (Wildman–Crippen LogP) is 3.14. The Morgan fingerprint density at radius 2 is 1.88 bits per heavy atom. The highest BCUT2D eigenvalue weighted by atomic mass is 31.1. The molecule has 8 heavy (non-hydrogen) atoms. The molecule has 0 rings (SSSR count). The summed E-state index contributed by atoms with van der Waals surface area (Å²) in [4.78, 5) is 0. The van der Waals surface area contributed by atoms with Gasteiger partial charge in [-0.3, -0.25) is 0 Å². The highest BCUT2D eigenvalue weighted by Crippen LogP contribution is 2.11. The summed E-state index contributed by atoms with van der Waals surface area (Å²) in [6.07, 6.45) is 6.98. The zero-order valence-electron chi connectivity index (χ0n) is 5.98. The summed E-state index contributed by atoms with van der Waals surface area (Å²) in [6.45, 7) is 4.50. The van der Waals surface area contributed by atoms with E-state index < -0.39 is 0 Å². The van der Waals surface area contributed by atoms with Crippen molar-refractivity contribution in [3.8, 4) is 0 Å². The lowest BCUT2D eigenvalue weighted by atomic mass is 10.3. The fourth-order valence-electron chi connectivity index (χ4n) is 0.632. The normalized spacial score (nSPS) is 11.2. The Morgan fingerprint density at radius 3 is 2.38 bits per heavy atom. The molecule has 0 N–H and O–H groups in total. The van der Waals surface area contributed by atoms with Crippen LogP contribution in [0.2, 0.25) is 0 Å². The van der Waals surface area contributed by atoms with E-state index in [1.165, 1.54) is 31.6 Å². The lowest BCUT2D eigenvalue weighted by Crippen LogP contribution is -1.76. The number of hydrogen-bond acceptors (Lipinski definition) is 0. The average Bonchev–Trinajstić information content (AvgIpc) is 1.81. The summed E-state index contributed by atoms with van der Waals surface area (Å²) in [5.41, 5.74) is 0. The maximum absolute atomic E-state index is 2.25. The molecule has 1 heteroatoms. The van der Waals surface area contributed by atoms with Crippen LogP contribution in [-0.2, 0) is 0 Å². The summed E-state index contributed by atoms with van der Waals surface area (Å²) in [7, 11) is 1.64. The second-order valence-corrected chi connectivity index (χ2v) is 3.50. The Labute approximate surface area is 54.8 Å². The minimum absolute atomic E-state index is 1.34. The molecule has 0 spiro atoms. The Bertz CT molecular complexity index is 29.4. The molecule has 0 unspecified atom stereocenters. The van der Waals surface area contributed by atoms with Gasteiger partial charge in [-0.05, 0) is 18.7 Å². The van der Waals surface area contributed by atoms with Gasteiger partial charge in [0, 0.05) is 0 Å². The average molecular weight is 131 g/mol. The van der Waals surface area contributed by atoms with Crippen LogP contribution in [0.5, 0.6) is 0 Å². The van der Waals surface area contributed by atoms with Gasteiger partial charge < -0.3 is 0 Å². The topological polar surface area (TPSA) is 0 Å². The summed E-state index contributed by atoms with van der Waals surface area (Å²) in [5.74, 6) is 0. The predicted molar refractivity (Wildman–Crippen MR) is 41.9 cm³/mol. The van der Waals surface area contributed by atoms with Crippen LogP contribution in [0.25, 0.3) is 0 Å². The largest absolute Gasteiger partial charge is 0.0813 e. The van der Waals surface area contributed by atoms with Crippen molar-refractivity contribution >= 4 is 8.58 Å². The Kier molecular flexibility index (Phi) is 7.83. The van der Waals surface area contributed by atoms with E-state index in [1.54, 1.807) is 8.58 Å². The van der Waals surface area contributed by atoms with Crippen LogP contribution in [0.4, 0.5) is 0 Å². The van der Waals surface area contributed by atoms with Crippen molar-refractivity contribution < 1.29 is 0 Å². The van der Waals surface area contributed by atoms with E-state index in [4.69, 9.17) is 0 Å². The van der Waals surface area contributed by atoms with Crippen molar-refractivity contribution in [2.45, 2.75) is 33.1 Å². The summed E-state index contributed by atoms with van der Waals surface area (Å²) < 4.78 is 0. The molecule has 0 heterocycles. The van der Waals surface area contributed by atoms with Crippen molar-refractivity contribution in [3.05, 3.63) is 0 Å². The molecule has 49 valence electrons. The molecule has 0 aliphatic carbocycles. The highest BCUT2D eigenvalue weighted by Gasteiger charge is 1.83. The fraction of sp³-hybridized carbons (Fsp3) is 1.00. The van der Waals surface area contributed by atoms with Gasteiger partial charge in [0.05, 0.1) is 0 Å². The maximum Gasteiger partial charge on any atom is -0.0287 e. The van der Waals surface area contributed by atoms with Crippen molar-refractivity contribution in [2.24, 2.45) is 0 Å². The second-order valence-electron chi connectivity index (χ2n) is 1.97. The van der Waals surface area contributed by atoms with Gasteiger partial charge in [0.1, 0.15) is 0 Å². The molecule has 0 atom stereocenters. The van der Waals surface area contributed by atoms with Gasteiger partial charge in [-0.2, -0.15) is 0 Å². The van der Waals surface area contributed by atoms with Gasteiger partial charge >= 0.3 is 0 Å². The van der Waals surface area contributed by atoms with E-state index in [2.05, 4.69) is 13.8 Å². The summed E-state index contributed by atoms with van der Waals surface area (Å²) in [6, 6.07) is 0. The minimum Gasteiger partial charge on any atom is -0.0813 e. The molecular weight excluding hydrogens is 115 g/mol. The van der Waals surface area contributed by atoms with E-state index in [0.29, 0.717) is 0 Å². The number of rotatable bonds is 5. The molecular formula is C7H16P. The van der Waals surface area contributed by atoms with Gasteiger partial charge in [-0.1, -0.05) is 35.3 Å². The van der Waals surface area contributed by atoms with Gasteiger partial charge in [0.25, 0.3) is 0 Å². The van der Waals surface area contributed by atoms with Crippen LogP contribution in [-0.4, -0.2) is 12.3 Å². The van der Waals surface area contributed by atoms with Crippen molar-refractivity contribution in [2.75, 3.05) is 12.3 Å². The van der Waals surface area contributed by atoms with Gasteiger partial charge in [0.2, 0.25) is 0 Å². The van der Waals surface area contributed by atoms with E-state index in [0.717, 1.165) is 0 Å². The first-order valence-corrected chi connectivity index (χ1v) is 4.81. The van der Waals surface area contributed by atoms with E-state index in [9.17, 15) is 0 Å². The molecule has 0 saturated carbocycles. The quantitative estimate of drug-likeness (QED) is 0.397. The molecule has 0 aromatic rings. The highest BCUT2D eigenvalue weighted by molar-refractivity contribution is 7.37. The Balaban J connectivity index is 2.53. The van der Waals surface area contributed by atoms with Crippen LogP contribution in [0.15, 0.2) is 0 Å². The molecule has 0 aliphatic heterocycles. The minimum atomic E-state index is 1.34. The van der Waals surface area contributed by atoms with Crippen molar-refractivity contribution in [1.82, 2.24) is 0 Å². The molecule has 0 fully saturated rings. The molecule has 0 saturated heterocycles. The third-order valence-corrected chi connectivity index (χ3v) is 2.22. The number of hydrogen-bond donors (Lipinski definition) is 0. The monoisotopic (exact) mass is 131 g/mol.